The number of nitrogens with zero attached hydrogens (tertiary/aromatic N) is 3. The summed E-state index contributed by atoms with van der Waals surface area (Å²) in [4.78, 5) is 8.43. The lowest BCUT2D eigenvalue weighted by atomic mass is 9.78. The van der Waals surface area contributed by atoms with Crippen LogP contribution in [0, 0.1) is 11.3 Å². The number of rotatable bonds is 7. The SMILES string of the molecule is N#Cc1cccc(S(=O)(=O)NC2CC(c3cc(NCCO)ncn3)C2)c1. The summed E-state index contributed by atoms with van der Waals surface area (Å²) >= 11 is 0. The zero-order valence-corrected chi connectivity index (χ0v) is 14.8. The molecule has 0 unspecified atom stereocenters. The quantitative estimate of drug-likeness (QED) is 0.660. The van der Waals surface area contributed by atoms with Crippen molar-refractivity contribution in [3.05, 3.63) is 47.9 Å². The van der Waals surface area contributed by atoms with Crippen LogP contribution in [-0.2, 0) is 10.0 Å². The number of anilines is 1. The van der Waals surface area contributed by atoms with Gasteiger partial charge in [0, 0.05) is 30.3 Å². The fraction of sp³-hybridized carbons (Fsp3) is 0.353. The Bertz CT molecular complexity index is 920. The summed E-state index contributed by atoms with van der Waals surface area (Å²) in [7, 11) is -3.65. The van der Waals surface area contributed by atoms with E-state index >= 15 is 0 Å². The molecule has 8 nitrogen and oxygen atoms in total. The van der Waals surface area contributed by atoms with Crippen molar-refractivity contribution in [3.8, 4) is 6.07 Å². The third-order valence-corrected chi connectivity index (χ3v) is 5.78. The number of nitriles is 1. The molecular formula is C17H19N5O3S. The van der Waals surface area contributed by atoms with Gasteiger partial charge in [0.05, 0.1) is 23.1 Å². The predicted molar refractivity (Wildman–Crippen MR) is 94.8 cm³/mol. The molecule has 9 heteroatoms. The molecule has 0 atom stereocenters. The van der Waals surface area contributed by atoms with E-state index in [0.29, 0.717) is 30.8 Å². The minimum Gasteiger partial charge on any atom is -0.395 e. The van der Waals surface area contributed by atoms with Crippen molar-refractivity contribution in [2.75, 3.05) is 18.5 Å². The molecular weight excluding hydrogens is 354 g/mol. The van der Waals surface area contributed by atoms with Gasteiger partial charge in [-0.25, -0.2) is 23.1 Å². The smallest absolute Gasteiger partial charge is 0.240 e. The molecule has 0 aliphatic heterocycles. The lowest BCUT2D eigenvalue weighted by Gasteiger charge is -2.35. The highest BCUT2D eigenvalue weighted by molar-refractivity contribution is 7.89. The van der Waals surface area contributed by atoms with Gasteiger partial charge in [-0.15, -0.1) is 0 Å². The molecule has 2 aromatic rings. The van der Waals surface area contributed by atoms with Gasteiger partial charge in [-0.3, -0.25) is 0 Å². The average Bonchev–Trinajstić information content (AvgIpc) is 2.63. The molecule has 1 fully saturated rings. The fourth-order valence-corrected chi connectivity index (χ4v) is 4.16. The second-order valence-corrected chi connectivity index (χ2v) is 7.82. The highest BCUT2D eigenvalue weighted by Crippen LogP contribution is 2.37. The molecule has 1 aromatic carbocycles. The first-order valence-corrected chi connectivity index (χ1v) is 9.69. The minimum atomic E-state index is -3.65. The van der Waals surface area contributed by atoms with E-state index in [9.17, 15) is 8.42 Å². The van der Waals surface area contributed by atoms with Crippen LogP contribution in [0.4, 0.5) is 5.82 Å². The average molecular weight is 373 g/mol. The maximum Gasteiger partial charge on any atom is 0.240 e. The van der Waals surface area contributed by atoms with E-state index in [4.69, 9.17) is 10.4 Å². The number of hydrogen-bond acceptors (Lipinski definition) is 7. The van der Waals surface area contributed by atoms with E-state index in [2.05, 4.69) is 20.0 Å². The second-order valence-electron chi connectivity index (χ2n) is 6.10. The Morgan fingerprint density at radius 1 is 1.27 bits per heavy atom. The Labute approximate surface area is 152 Å². The maximum absolute atomic E-state index is 12.4. The zero-order chi connectivity index (χ0) is 18.6. The summed E-state index contributed by atoms with van der Waals surface area (Å²) < 4.78 is 27.6. The standard InChI is InChI=1S/C17H19N5O3S/c18-10-12-2-1-3-15(6-12)26(24,25)22-14-7-13(8-14)16-9-17(19-4-5-23)21-11-20-16/h1-3,6,9,11,13-14,22-23H,4-5,7-8H2,(H,19,20,21). The molecule has 136 valence electrons. The summed E-state index contributed by atoms with van der Waals surface area (Å²) in [5.74, 6) is 0.798. The van der Waals surface area contributed by atoms with Crippen LogP contribution in [0.25, 0.3) is 0 Å². The van der Waals surface area contributed by atoms with Gasteiger partial charge in [-0.2, -0.15) is 5.26 Å². The van der Waals surface area contributed by atoms with Crippen molar-refractivity contribution in [2.24, 2.45) is 0 Å². The van der Waals surface area contributed by atoms with Crippen LogP contribution < -0.4 is 10.0 Å². The van der Waals surface area contributed by atoms with Crippen LogP contribution >= 0.6 is 0 Å². The van der Waals surface area contributed by atoms with Gasteiger partial charge in [0.25, 0.3) is 0 Å². The number of aliphatic hydroxyl groups excluding tert-OH is 1. The monoisotopic (exact) mass is 373 g/mol. The van der Waals surface area contributed by atoms with Crippen LogP contribution in [0.1, 0.15) is 30.0 Å². The van der Waals surface area contributed by atoms with Gasteiger partial charge < -0.3 is 10.4 Å². The van der Waals surface area contributed by atoms with E-state index in [-0.39, 0.29) is 23.5 Å². The Kier molecular flexibility index (Phi) is 5.46. The Hall–Kier alpha value is -2.54. The molecule has 0 bridgehead atoms. The van der Waals surface area contributed by atoms with Crippen molar-refractivity contribution >= 4 is 15.8 Å². The fourth-order valence-electron chi connectivity index (χ4n) is 2.85. The van der Waals surface area contributed by atoms with Gasteiger partial charge >= 0.3 is 0 Å². The maximum atomic E-state index is 12.4. The zero-order valence-electron chi connectivity index (χ0n) is 14.0. The predicted octanol–water partition coefficient (Wildman–Crippen LogP) is 0.977. The molecule has 3 N–H and O–H groups in total. The molecule has 0 spiro atoms. The van der Waals surface area contributed by atoms with Gasteiger partial charge in [-0.05, 0) is 31.0 Å². The Morgan fingerprint density at radius 2 is 2.08 bits per heavy atom. The van der Waals surface area contributed by atoms with Crippen LogP contribution in [-0.4, -0.2) is 42.7 Å². The summed E-state index contributed by atoms with van der Waals surface area (Å²) in [6.45, 7) is 0.422. The first-order chi connectivity index (χ1) is 12.5. The van der Waals surface area contributed by atoms with E-state index in [1.165, 1.54) is 18.5 Å². The molecule has 0 amide bonds. The molecule has 1 aliphatic rings. The van der Waals surface area contributed by atoms with Crippen molar-refractivity contribution < 1.29 is 13.5 Å². The molecule has 1 aromatic heterocycles. The summed E-state index contributed by atoms with van der Waals surface area (Å²) in [6.07, 6.45) is 2.75. The molecule has 0 saturated heterocycles. The third kappa shape index (κ3) is 4.16. The first-order valence-electron chi connectivity index (χ1n) is 8.21. The highest BCUT2D eigenvalue weighted by atomic mass is 32.2. The number of benzene rings is 1. The molecule has 3 rings (SSSR count). The third-order valence-electron chi connectivity index (χ3n) is 4.26. The number of aliphatic hydroxyl groups is 1. The van der Waals surface area contributed by atoms with Crippen molar-refractivity contribution in [3.63, 3.8) is 0 Å². The molecule has 1 saturated carbocycles. The van der Waals surface area contributed by atoms with Crippen LogP contribution in [0.3, 0.4) is 0 Å². The number of nitrogens with one attached hydrogen (secondary N) is 2. The molecule has 1 heterocycles. The topological polar surface area (TPSA) is 128 Å². The van der Waals surface area contributed by atoms with E-state index in [0.717, 1.165) is 5.69 Å². The molecule has 1 aliphatic carbocycles. The van der Waals surface area contributed by atoms with Gasteiger partial charge in [0.2, 0.25) is 10.0 Å². The van der Waals surface area contributed by atoms with Crippen molar-refractivity contribution in [1.29, 1.82) is 5.26 Å². The second kappa shape index (κ2) is 7.78. The van der Waals surface area contributed by atoms with Gasteiger partial charge in [0.15, 0.2) is 0 Å². The lowest BCUT2D eigenvalue weighted by molar-refractivity contribution is 0.311. The van der Waals surface area contributed by atoms with Crippen molar-refractivity contribution in [1.82, 2.24) is 14.7 Å². The summed E-state index contributed by atoms with van der Waals surface area (Å²) in [5.41, 5.74) is 1.16. The van der Waals surface area contributed by atoms with Crippen LogP contribution in [0.2, 0.25) is 0 Å². The number of sulfonamides is 1. The molecule has 26 heavy (non-hydrogen) atoms. The Morgan fingerprint density at radius 3 is 2.81 bits per heavy atom. The van der Waals surface area contributed by atoms with Crippen LogP contribution in [0.15, 0.2) is 41.6 Å². The summed E-state index contributed by atoms with van der Waals surface area (Å²) in [6, 6.07) is 9.55. The number of aromatic nitrogens is 2. The van der Waals surface area contributed by atoms with E-state index in [1.807, 2.05) is 12.1 Å². The van der Waals surface area contributed by atoms with E-state index < -0.39 is 10.0 Å². The highest BCUT2D eigenvalue weighted by Gasteiger charge is 2.34. The normalized spacial score (nSPS) is 19.4. The minimum absolute atomic E-state index is 0.0135. The Balaban J connectivity index is 1.61. The van der Waals surface area contributed by atoms with Gasteiger partial charge in [0.1, 0.15) is 12.1 Å². The largest absolute Gasteiger partial charge is 0.395 e. The summed E-state index contributed by atoms with van der Waals surface area (Å²) in [5, 5.41) is 20.7. The van der Waals surface area contributed by atoms with Crippen molar-refractivity contribution in [2.45, 2.75) is 29.7 Å². The van der Waals surface area contributed by atoms with E-state index in [1.54, 1.807) is 12.1 Å². The number of hydrogen-bond donors (Lipinski definition) is 3. The first kappa shape index (κ1) is 18.3. The molecule has 0 radical (unpaired) electrons. The van der Waals surface area contributed by atoms with Gasteiger partial charge in [-0.1, -0.05) is 6.07 Å². The van der Waals surface area contributed by atoms with Crippen LogP contribution in [0.5, 0.6) is 0 Å². The lowest BCUT2D eigenvalue weighted by Crippen LogP contribution is -2.43.